The maximum atomic E-state index is 12.6. The van der Waals surface area contributed by atoms with Gasteiger partial charge in [-0.2, -0.15) is 0 Å². The smallest absolute Gasteiger partial charge is 0.303 e. The van der Waals surface area contributed by atoms with Crippen molar-refractivity contribution in [1.29, 1.82) is 0 Å². The van der Waals surface area contributed by atoms with Crippen LogP contribution in [-0.2, 0) is 16.0 Å². The second-order valence-electron chi connectivity index (χ2n) is 5.77. The number of hydrogen-bond donors (Lipinski definition) is 1. The Kier molecular flexibility index (Phi) is 5.37. The van der Waals surface area contributed by atoms with Crippen LogP contribution in [0.4, 0.5) is 0 Å². The number of carbonyl (C=O) groups excluding carboxylic acids is 1. The van der Waals surface area contributed by atoms with Gasteiger partial charge in [-0.15, -0.1) is 0 Å². The zero-order chi connectivity index (χ0) is 15.2. The minimum atomic E-state index is -0.785. The Bertz CT molecular complexity index is 513. The van der Waals surface area contributed by atoms with Crippen molar-refractivity contribution in [3.05, 3.63) is 35.4 Å². The third-order valence-corrected chi connectivity index (χ3v) is 4.24. The Hall–Kier alpha value is -1.84. The van der Waals surface area contributed by atoms with E-state index < -0.39 is 5.97 Å². The number of benzene rings is 1. The number of amides is 1. The minimum absolute atomic E-state index is 0.0892. The molecule has 4 nitrogen and oxygen atoms in total. The summed E-state index contributed by atoms with van der Waals surface area (Å²) in [5.74, 6) is -0.661. The number of carboxylic acids is 1. The summed E-state index contributed by atoms with van der Waals surface area (Å²) in [6, 6.07) is 8.02. The highest BCUT2D eigenvalue weighted by atomic mass is 16.4. The summed E-state index contributed by atoms with van der Waals surface area (Å²) in [4.78, 5) is 25.2. The molecule has 2 rings (SSSR count). The number of carbonyl (C=O) groups is 2. The lowest BCUT2D eigenvalue weighted by atomic mass is 9.96. The van der Waals surface area contributed by atoms with Crippen LogP contribution in [0.3, 0.4) is 0 Å². The fourth-order valence-electron chi connectivity index (χ4n) is 2.99. The molecule has 21 heavy (non-hydrogen) atoms. The van der Waals surface area contributed by atoms with Gasteiger partial charge in [0.05, 0.1) is 6.42 Å². The van der Waals surface area contributed by atoms with Crippen LogP contribution in [0.25, 0.3) is 0 Å². The highest BCUT2D eigenvalue weighted by Crippen LogP contribution is 2.22. The van der Waals surface area contributed by atoms with E-state index in [4.69, 9.17) is 5.11 Å². The molecule has 114 valence electrons. The zero-order valence-corrected chi connectivity index (χ0v) is 12.5. The van der Waals surface area contributed by atoms with Gasteiger partial charge in [0.2, 0.25) is 5.91 Å². The van der Waals surface area contributed by atoms with Crippen molar-refractivity contribution in [1.82, 2.24) is 4.90 Å². The number of hydrogen-bond acceptors (Lipinski definition) is 2. The van der Waals surface area contributed by atoms with Crippen LogP contribution in [0.5, 0.6) is 0 Å². The van der Waals surface area contributed by atoms with Gasteiger partial charge in [-0.05, 0) is 43.7 Å². The summed E-state index contributed by atoms with van der Waals surface area (Å²) in [7, 11) is 0. The third-order valence-electron chi connectivity index (χ3n) is 4.24. The van der Waals surface area contributed by atoms with Crippen LogP contribution in [0, 0.1) is 6.92 Å². The molecule has 1 atom stereocenters. The van der Waals surface area contributed by atoms with Gasteiger partial charge < -0.3 is 10.0 Å². The van der Waals surface area contributed by atoms with Crippen molar-refractivity contribution < 1.29 is 14.7 Å². The summed E-state index contributed by atoms with van der Waals surface area (Å²) in [5, 5.41) is 8.84. The molecule has 1 aromatic carbocycles. The topological polar surface area (TPSA) is 57.6 Å². The molecule has 1 amide bonds. The molecule has 1 aliphatic heterocycles. The first-order valence-electron chi connectivity index (χ1n) is 7.63. The molecule has 0 unspecified atom stereocenters. The second-order valence-corrected chi connectivity index (χ2v) is 5.77. The van der Waals surface area contributed by atoms with Crippen LogP contribution >= 0.6 is 0 Å². The van der Waals surface area contributed by atoms with Gasteiger partial charge in [-0.25, -0.2) is 0 Å². The van der Waals surface area contributed by atoms with Crippen molar-refractivity contribution in [3.63, 3.8) is 0 Å². The molecule has 0 radical (unpaired) electrons. The zero-order valence-electron chi connectivity index (χ0n) is 12.5. The van der Waals surface area contributed by atoms with Crippen molar-refractivity contribution >= 4 is 11.9 Å². The monoisotopic (exact) mass is 289 g/mol. The van der Waals surface area contributed by atoms with Crippen molar-refractivity contribution in [2.24, 2.45) is 0 Å². The van der Waals surface area contributed by atoms with Gasteiger partial charge >= 0.3 is 5.97 Å². The molecule has 1 aromatic rings. The first-order chi connectivity index (χ1) is 10.1. The van der Waals surface area contributed by atoms with E-state index in [1.54, 1.807) is 0 Å². The van der Waals surface area contributed by atoms with Gasteiger partial charge in [0.25, 0.3) is 0 Å². The number of likely N-dealkylation sites (tertiary alicyclic amines) is 1. The molecule has 0 saturated carbocycles. The molecular weight excluding hydrogens is 266 g/mol. The number of aryl methyl sites for hydroxylation is 1. The number of nitrogens with zero attached hydrogens (tertiary/aromatic N) is 1. The molecule has 1 aliphatic rings. The van der Waals surface area contributed by atoms with E-state index in [0.29, 0.717) is 12.8 Å². The van der Waals surface area contributed by atoms with Crippen molar-refractivity contribution in [2.75, 3.05) is 6.54 Å². The highest BCUT2D eigenvalue weighted by Gasteiger charge is 2.27. The summed E-state index contributed by atoms with van der Waals surface area (Å²) >= 11 is 0. The molecule has 1 N–H and O–H groups in total. The maximum Gasteiger partial charge on any atom is 0.303 e. The van der Waals surface area contributed by atoms with E-state index in [1.165, 1.54) is 0 Å². The first kappa shape index (κ1) is 15.5. The fourth-order valence-corrected chi connectivity index (χ4v) is 2.99. The first-order valence-corrected chi connectivity index (χ1v) is 7.63. The third kappa shape index (κ3) is 4.31. The fraction of sp³-hybridized carbons (Fsp3) is 0.529. The highest BCUT2D eigenvalue weighted by molar-refractivity contribution is 5.79. The van der Waals surface area contributed by atoms with Crippen molar-refractivity contribution in [3.8, 4) is 0 Å². The SMILES string of the molecule is Cc1ccccc1CC(=O)N1CCCC[C@@H]1CCC(=O)O. The molecule has 4 heteroatoms. The molecule has 0 aromatic heterocycles. The predicted molar refractivity (Wildman–Crippen MR) is 81.1 cm³/mol. The Morgan fingerprint density at radius 2 is 2.05 bits per heavy atom. The molecule has 1 fully saturated rings. The van der Waals surface area contributed by atoms with E-state index in [-0.39, 0.29) is 18.4 Å². The molecule has 0 bridgehead atoms. The lowest BCUT2D eigenvalue weighted by Gasteiger charge is -2.36. The number of rotatable bonds is 5. The Labute approximate surface area is 125 Å². The van der Waals surface area contributed by atoms with Gasteiger partial charge in [0, 0.05) is 19.0 Å². The van der Waals surface area contributed by atoms with Gasteiger partial charge in [-0.1, -0.05) is 24.3 Å². The largest absolute Gasteiger partial charge is 0.481 e. The maximum absolute atomic E-state index is 12.6. The van der Waals surface area contributed by atoms with E-state index >= 15 is 0 Å². The van der Waals surface area contributed by atoms with Gasteiger partial charge in [0.1, 0.15) is 0 Å². The van der Waals surface area contributed by atoms with Crippen LogP contribution < -0.4 is 0 Å². The van der Waals surface area contributed by atoms with Gasteiger partial charge in [0.15, 0.2) is 0 Å². The number of aliphatic carboxylic acids is 1. The lowest BCUT2D eigenvalue weighted by Crippen LogP contribution is -2.44. The van der Waals surface area contributed by atoms with Crippen LogP contribution in [0.2, 0.25) is 0 Å². The summed E-state index contributed by atoms with van der Waals surface area (Å²) < 4.78 is 0. The standard InChI is InChI=1S/C17H23NO3/c1-13-6-2-3-7-14(13)12-16(19)18-11-5-4-8-15(18)9-10-17(20)21/h2-3,6-7,15H,4-5,8-12H2,1H3,(H,20,21)/t15-/m1/s1. The molecule has 0 spiro atoms. The molecule has 1 heterocycles. The van der Waals surface area contributed by atoms with E-state index in [0.717, 1.165) is 36.9 Å². The predicted octanol–water partition coefficient (Wildman–Crippen LogP) is 2.78. The molecule has 1 saturated heterocycles. The van der Waals surface area contributed by atoms with Crippen LogP contribution in [0.1, 0.15) is 43.2 Å². The Balaban J connectivity index is 2.01. The lowest BCUT2D eigenvalue weighted by molar-refractivity contribution is -0.139. The van der Waals surface area contributed by atoms with Crippen LogP contribution in [0.15, 0.2) is 24.3 Å². The Morgan fingerprint density at radius 1 is 1.29 bits per heavy atom. The van der Waals surface area contributed by atoms with Crippen LogP contribution in [-0.4, -0.2) is 34.5 Å². The summed E-state index contributed by atoms with van der Waals surface area (Å²) in [6.07, 6.45) is 4.14. The van der Waals surface area contributed by atoms with E-state index in [1.807, 2.05) is 36.1 Å². The van der Waals surface area contributed by atoms with E-state index in [2.05, 4.69) is 0 Å². The van der Waals surface area contributed by atoms with Crippen molar-refractivity contribution in [2.45, 2.75) is 51.5 Å². The Morgan fingerprint density at radius 3 is 2.76 bits per heavy atom. The molecular formula is C17H23NO3. The second kappa shape index (κ2) is 7.25. The quantitative estimate of drug-likeness (QED) is 0.906. The normalized spacial score (nSPS) is 18.5. The molecule has 0 aliphatic carbocycles. The average Bonchev–Trinajstić information content (AvgIpc) is 2.47. The van der Waals surface area contributed by atoms with E-state index in [9.17, 15) is 9.59 Å². The van der Waals surface area contributed by atoms with Gasteiger partial charge in [-0.3, -0.25) is 9.59 Å². The summed E-state index contributed by atoms with van der Waals surface area (Å²) in [5.41, 5.74) is 2.19. The number of piperidine rings is 1. The average molecular weight is 289 g/mol. The minimum Gasteiger partial charge on any atom is -0.481 e. The number of carboxylic acid groups (broad SMARTS) is 1. The summed E-state index contributed by atoms with van der Waals surface area (Å²) in [6.45, 7) is 2.77.